The number of halogens is 1. The molecule has 0 amide bonds. The Labute approximate surface area is 125 Å². The lowest BCUT2D eigenvalue weighted by Crippen LogP contribution is -2.27. The van der Waals surface area contributed by atoms with Gasteiger partial charge in [-0.1, -0.05) is 48.0 Å². The topological polar surface area (TPSA) is 66.4 Å². The number of aliphatic hydroxyl groups excluding tert-OH is 1. The maximum Gasteiger partial charge on any atom is 0.253 e. The molecule has 4 nitrogen and oxygen atoms in total. The number of anilines is 1. The molecule has 5 heteroatoms. The second-order valence-corrected chi connectivity index (χ2v) is 4.94. The Bertz CT molecular complexity index is 796. The summed E-state index contributed by atoms with van der Waals surface area (Å²) < 4.78 is 0. The van der Waals surface area contributed by atoms with Crippen LogP contribution in [0.4, 0.5) is 5.69 Å². The standard InChI is InChI=1S/C16H10ClNO3/c17-11-7-3-4-8-12(11)18-13-14(19)9-5-1-2-6-10(9)15(20)16(13)21/h1-8,18-19H. The van der Waals surface area contributed by atoms with Gasteiger partial charge in [0.15, 0.2) is 5.76 Å². The van der Waals surface area contributed by atoms with Gasteiger partial charge < -0.3 is 10.4 Å². The molecule has 0 unspecified atom stereocenters. The molecule has 1 aliphatic carbocycles. The first-order valence-corrected chi connectivity index (χ1v) is 6.60. The highest BCUT2D eigenvalue weighted by Gasteiger charge is 2.33. The van der Waals surface area contributed by atoms with E-state index in [1.54, 1.807) is 42.5 Å². The molecular weight excluding hydrogens is 290 g/mol. The van der Waals surface area contributed by atoms with Crippen LogP contribution in [0.2, 0.25) is 5.02 Å². The lowest BCUT2D eigenvalue weighted by atomic mass is 9.91. The second-order valence-electron chi connectivity index (χ2n) is 4.53. The number of nitrogens with one attached hydrogen (secondary N) is 1. The van der Waals surface area contributed by atoms with Crippen molar-refractivity contribution >= 4 is 34.6 Å². The van der Waals surface area contributed by atoms with Gasteiger partial charge in [-0.3, -0.25) is 9.59 Å². The maximum atomic E-state index is 12.1. The molecule has 0 atom stereocenters. The molecule has 0 bridgehead atoms. The smallest absolute Gasteiger partial charge is 0.253 e. The number of carbonyl (C=O) groups excluding carboxylic acids is 2. The highest BCUT2D eigenvalue weighted by molar-refractivity contribution is 6.52. The summed E-state index contributed by atoms with van der Waals surface area (Å²) in [6, 6.07) is 13.2. The number of para-hydroxylation sites is 1. The third-order valence-corrected chi connectivity index (χ3v) is 3.56. The highest BCUT2D eigenvalue weighted by Crippen LogP contribution is 2.30. The van der Waals surface area contributed by atoms with Gasteiger partial charge in [0.1, 0.15) is 5.70 Å². The number of fused-ring (bicyclic) bond motifs is 1. The van der Waals surface area contributed by atoms with Crippen molar-refractivity contribution < 1.29 is 14.7 Å². The van der Waals surface area contributed by atoms with Crippen molar-refractivity contribution in [3.8, 4) is 0 Å². The van der Waals surface area contributed by atoms with Crippen molar-refractivity contribution in [2.75, 3.05) is 5.32 Å². The van der Waals surface area contributed by atoms with E-state index in [1.807, 2.05) is 0 Å². The molecule has 0 saturated carbocycles. The first-order valence-electron chi connectivity index (χ1n) is 6.23. The Morgan fingerprint density at radius 2 is 1.48 bits per heavy atom. The van der Waals surface area contributed by atoms with E-state index in [1.165, 1.54) is 6.07 Å². The number of rotatable bonds is 2. The molecule has 0 fully saturated rings. The molecule has 0 radical (unpaired) electrons. The average Bonchev–Trinajstić information content (AvgIpc) is 2.51. The maximum absolute atomic E-state index is 12.1. The van der Waals surface area contributed by atoms with Crippen molar-refractivity contribution in [2.24, 2.45) is 0 Å². The van der Waals surface area contributed by atoms with Gasteiger partial charge in [0.05, 0.1) is 10.7 Å². The Kier molecular flexibility index (Phi) is 3.23. The van der Waals surface area contributed by atoms with Gasteiger partial charge in [-0.2, -0.15) is 0 Å². The molecule has 0 spiro atoms. The van der Waals surface area contributed by atoms with Gasteiger partial charge in [-0.25, -0.2) is 0 Å². The normalized spacial score (nSPS) is 14.1. The summed E-state index contributed by atoms with van der Waals surface area (Å²) in [6.07, 6.45) is 0. The van der Waals surface area contributed by atoms with Gasteiger partial charge >= 0.3 is 0 Å². The van der Waals surface area contributed by atoms with E-state index in [9.17, 15) is 14.7 Å². The van der Waals surface area contributed by atoms with Crippen molar-refractivity contribution in [1.82, 2.24) is 0 Å². The van der Waals surface area contributed by atoms with Gasteiger partial charge in [-0.05, 0) is 12.1 Å². The first-order chi connectivity index (χ1) is 10.1. The lowest BCUT2D eigenvalue weighted by molar-refractivity contribution is -0.111. The molecule has 3 rings (SSSR count). The highest BCUT2D eigenvalue weighted by atomic mass is 35.5. The van der Waals surface area contributed by atoms with E-state index < -0.39 is 11.6 Å². The molecule has 2 aromatic carbocycles. The SMILES string of the molecule is O=C1C(=O)c2ccccc2C(O)=C1Nc1ccccc1Cl. The van der Waals surface area contributed by atoms with Gasteiger partial charge in [0.25, 0.3) is 5.78 Å². The fourth-order valence-corrected chi connectivity index (χ4v) is 2.36. The fourth-order valence-electron chi connectivity index (χ4n) is 2.18. The minimum absolute atomic E-state index is 0.160. The summed E-state index contributed by atoms with van der Waals surface area (Å²) in [5.41, 5.74) is 0.814. The molecule has 1 aliphatic rings. The monoisotopic (exact) mass is 299 g/mol. The van der Waals surface area contributed by atoms with Gasteiger partial charge in [0.2, 0.25) is 5.78 Å². The van der Waals surface area contributed by atoms with E-state index in [0.717, 1.165) is 0 Å². The lowest BCUT2D eigenvalue weighted by Gasteiger charge is -2.19. The van der Waals surface area contributed by atoms with E-state index in [2.05, 4.69) is 5.32 Å². The zero-order valence-electron chi connectivity index (χ0n) is 10.8. The number of benzene rings is 2. The van der Waals surface area contributed by atoms with Crippen LogP contribution in [-0.4, -0.2) is 16.7 Å². The van der Waals surface area contributed by atoms with Crippen LogP contribution < -0.4 is 5.32 Å². The summed E-state index contributed by atoms with van der Waals surface area (Å²) >= 11 is 6.01. The Morgan fingerprint density at radius 3 is 2.19 bits per heavy atom. The molecule has 0 aromatic heterocycles. The molecule has 0 aliphatic heterocycles. The molecule has 2 N–H and O–H groups in total. The van der Waals surface area contributed by atoms with Crippen LogP contribution >= 0.6 is 11.6 Å². The number of carbonyl (C=O) groups is 2. The third-order valence-electron chi connectivity index (χ3n) is 3.23. The Balaban J connectivity index is 2.12. The summed E-state index contributed by atoms with van der Waals surface area (Å²) in [4.78, 5) is 24.2. The molecule has 2 aromatic rings. The molecule has 0 saturated heterocycles. The minimum atomic E-state index is -0.786. The zero-order chi connectivity index (χ0) is 15.0. The largest absolute Gasteiger partial charge is 0.505 e. The number of Topliss-reactive ketones (excluding diaryl/α,β-unsaturated/α-hetero) is 2. The molecule has 104 valence electrons. The van der Waals surface area contributed by atoms with Crippen LogP contribution in [0.5, 0.6) is 0 Å². The number of allylic oxidation sites excluding steroid dienone is 1. The average molecular weight is 300 g/mol. The zero-order valence-corrected chi connectivity index (χ0v) is 11.5. The third kappa shape index (κ3) is 2.19. The van der Waals surface area contributed by atoms with Crippen LogP contribution in [0.25, 0.3) is 5.76 Å². The van der Waals surface area contributed by atoms with E-state index in [4.69, 9.17) is 11.6 Å². The van der Waals surface area contributed by atoms with E-state index in [-0.39, 0.29) is 17.0 Å². The van der Waals surface area contributed by atoms with Crippen LogP contribution in [0.1, 0.15) is 15.9 Å². The number of hydrogen-bond acceptors (Lipinski definition) is 4. The summed E-state index contributed by atoms with van der Waals surface area (Å²) in [6.45, 7) is 0. The Morgan fingerprint density at radius 1 is 0.857 bits per heavy atom. The van der Waals surface area contributed by atoms with Crippen molar-refractivity contribution in [1.29, 1.82) is 0 Å². The number of hydrogen-bond donors (Lipinski definition) is 2. The van der Waals surface area contributed by atoms with Crippen LogP contribution in [-0.2, 0) is 4.79 Å². The van der Waals surface area contributed by atoms with Crippen LogP contribution in [0.15, 0.2) is 54.2 Å². The van der Waals surface area contributed by atoms with Crippen molar-refractivity contribution in [3.63, 3.8) is 0 Å². The molecular formula is C16H10ClNO3. The summed E-state index contributed by atoms with van der Waals surface area (Å²) in [7, 11) is 0. The van der Waals surface area contributed by atoms with Crippen molar-refractivity contribution in [3.05, 3.63) is 70.4 Å². The fraction of sp³-hybridized carbons (Fsp3) is 0. The van der Waals surface area contributed by atoms with Crippen LogP contribution in [0, 0.1) is 0 Å². The van der Waals surface area contributed by atoms with Crippen molar-refractivity contribution in [2.45, 2.75) is 0 Å². The first kappa shape index (κ1) is 13.4. The van der Waals surface area contributed by atoms with Gasteiger partial charge in [-0.15, -0.1) is 0 Å². The summed E-state index contributed by atoms with van der Waals surface area (Å²) in [5.74, 6) is -1.70. The predicted octanol–water partition coefficient (Wildman–Crippen LogP) is 3.44. The van der Waals surface area contributed by atoms with E-state index in [0.29, 0.717) is 16.3 Å². The quantitative estimate of drug-likeness (QED) is 0.834. The number of ketones is 2. The molecule has 21 heavy (non-hydrogen) atoms. The number of aliphatic hydroxyl groups is 1. The van der Waals surface area contributed by atoms with Gasteiger partial charge in [0, 0.05) is 11.1 Å². The van der Waals surface area contributed by atoms with Crippen LogP contribution in [0.3, 0.4) is 0 Å². The minimum Gasteiger partial charge on any atom is -0.505 e. The second kappa shape index (κ2) is 5.07. The molecule has 0 heterocycles. The van der Waals surface area contributed by atoms with E-state index >= 15 is 0 Å². The Hall–Kier alpha value is -2.59. The predicted molar refractivity (Wildman–Crippen MR) is 80.4 cm³/mol. The summed E-state index contributed by atoms with van der Waals surface area (Å²) in [5, 5.41) is 13.4.